The van der Waals surface area contributed by atoms with Crippen LogP contribution in [0.5, 0.6) is 0 Å². The molecule has 2 N–H and O–H groups in total. The molecule has 10 heteroatoms. The first kappa shape index (κ1) is 22.5. The molecule has 4 aromatic rings. The molecule has 2 aromatic heterocycles. The van der Waals surface area contributed by atoms with E-state index >= 15 is 0 Å². The Balaban J connectivity index is 1.58. The number of amides is 1. The second kappa shape index (κ2) is 9.83. The Labute approximate surface area is 197 Å². The molecule has 164 valence electrons. The van der Waals surface area contributed by atoms with Crippen LogP contribution in [0, 0.1) is 0 Å². The molecule has 0 atom stereocenters. The van der Waals surface area contributed by atoms with Gasteiger partial charge >= 0.3 is 0 Å². The average molecular weight is 487 g/mol. The van der Waals surface area contributed by atoms with Crippen molar-refractivity contribution in [2.24, 2.45) is 5.73 Å². The van der Waals surface area contributed by atoms with Gasteiger partial charge in [0.05, 0.1) is 29.7 Å². The van der Waals surface area contributed by atoms with Crippen molar-refractivity contribution in [3.63, 3.8) is 0 Å². The number of rotatable bonds is 8. The highest BCUT2D eigenvalue weighted by atomic mass is 35.5. The van der Waals surface area contributed by atoms with Crippen LogP contribution in [0.25, 0.3) is 21.5 Å². The molecule has 0 radical (unpaired) electrons. The summed E-state index contributed by atoms with van der Waals surface area (Å²) in [6.07, 6.45) is 0. The van der Waals surface area contributed by atoms with E-state index in [9.17, 15) is 9.59 Å². The summed E-state index contributed by atoms with van der Waals surface area (Å²) in [6.45, 7) is 0.800. The Kier molecular flexibility index (Phi) is 6.90. The van der Waals surface area contributed by atoms with E-state index in [4.69, 9.17) is 22.1 Å². The molecule has 32 heavy (non-hydrogen) atoms. The van der Waals surface area contributed by atoms with Crippen molar-refractivity contribution < 1.29 is 9.53 Å². The number of thioether (sulfide) groups is 1. The van der Waals surface area contributed by atoms with Crippen molar-refractivity contribution in [3.05, 3.63) is 74.5 Å². The van der Waals surface area contributed by atoms with E-state index in [2.05, 4.69) is 9.97 Å². The van der Waals surface area contributed by atoms with Gasteiger partial charge in [-0.1, -0.05) is 35.5 Å². The molecule has 2 aromatic carbocycles. The number of hydrogen-bond acceptors (Lipinski definition) is 7. The van der Waals surface area contributed by atoms with Gasteiger partial charge in [0.25, 0.3) is 5.56 Å². The van der Waals surface area contributed by atoms with Crippen LogP contribution >= 0.6 is 34.7 Å². The van der Waals surface area contributed by atoms with E-state index in [1.807, 2.05) is 17.5 Å². The smallest absolute Gasteiger partial charge is 0.262 e. The Bertz CT molecular complexity index is 1340. The number of aromatic nitrogens is 3. The Hall–Kier alpha value is -2.72. The van der Waals surface area contributed by atoms with Gasteiger partial charge in [-0.3, -0.25) is 14.2 Å². The van der Waals surface area contributed by atoms with Crippen LogP contribution in [0.1, 0.15) is 16.1 Å². The topological polar surface area (TPSA) is 100 Å². The first-order valence-electron chi connectivity index (χ1n) is 9.62. The number of nitrogens with zero attached hydrogens (tertiary/aromatic N) is 3. The van der Waals surface area contributed by atoms with Crippen molar-refractivity contribution in [2.45, 2.75) is 17.5 Å². The van der Waals surface area contributed by atoms with Crippen LogP contribution in [0.15, 0.2) is 57.8 Å². The van der Waals surface area contributed by atoms with Crippen molar-refractivity contribution in [3.8, 4) is 10.6 Å². The monoisotopic (exact) mass is 486 g/mol. The molecule has 0 saturated heterocycles. The number of primary amides is 1. The fraction of sp³-hybridized carbons (Fsp3) is 0.182. The molecule has 0 bridgehead atoms. The molecular weight excluding hydrogens is 468 g/mol. The minimum absolute atomic E-state index is 0.125. The van der Waals surface area contributed by atoms with Crippen LogP contribution in [0.2, 0.25) is 5.02 Å². The predicted octanol–water partition coefficient (Wildman–Crippen LogP) is 4.21. The van der Waals surface area contributed by atoms with Gasteiger partial charge in [0, 0.05) is 34.4 Å². The highest BCUT2D eigenvalue weighted by Gasteiger charge is 2.14. The van der Waals surface area contributed by atoms with E-state index in [1.54, 1.807) is 42.0 Å². The number of carbonyl (C=O) groups is 1. The molecule has 0 saturated carbocycles. The number of halogens is 1. The quantitative estimate of drug-likeness (QED) is 0.296. The lowest BCUT2D eigenvalue weighted by atomic mass is 10.1. The Morgan fingerprint density at radius 3 is 2.72 bits per heavy atom. The van der Waals surface area contributed by atoms with E-state index in [0.717, 1.165) is 16.3 Å². The molecule has 2 heterocycles. The normalized spacial score (nSPS) is 11.2. The summed E-state index contributed by atoms with van der Waals surface area (Å²) >= 11 is 9.05. The second-order valence-corrected chi connectivity index (χ2v) is 9.12. The number of benzene rings is 2. The number of methoxy groups -OCH3 is 1. The van der Waals surface area contributed by atoms with Crippen LogP contribution in [0.4, 0.5) is 0 Å². The zero-order valence-corrected chi connectivity index (χ0v) is 19.5. The standard InChI is InChI=1S/C22H19ClN4O3S2/c1-30-9-8-27-21(29)17-7-6-15(23)10-18(17)26-22(27)32-12-16-11-31-20(25-16)14-4-2-13(3-5-14)19(24)28/h2-7,10-11H,8-9,12H2,1H3,(H2,24,28). The van der Waals surface area contributed by atoms with Gasteiger partial charge in [-0.2, -0.15) is 0 Å². The lowest BCUT2D eigenvalue weighted by Gasteiger charge is -2.12. The largest absolute Gasteiger partial charge is 0.383 e. The highest BCUT2D eigenvalue weighted by Crippen LogP contribution is 2.28. The Morgan fingerprint density at radius 2 is 2.00 bits per heavy atom. The zero-order valence-electron chi connectivity index (χ0n) is 17.1. The first-order chi connectivity index (χ1) is 15.5. The first-order valence-corrected chi connectivity index (χ1v) is 11.9. The predicted molar refractivity (Wildman–Crippen MR) is 129 cm³/mol. The number of nitrogens with two attached hydrogens (primary N) is 1. The van der Waals surface area contributed by atoms with E-state index < -0.39 is 5.91 Å². The van der Waals surface area contributed by atoms with Crippen LogP contribution in [0.3, 0.4) is 0 Å². The summed E-state index contributed by atoms with van der Waals surface area (Å²) in [6, 6.07) is 12.1. The molecule has 0 fully saturated rings. The van der Waals surface area contributed by atoms with Gasteiger partial charge in [-0.05, 0) is 30.3 Å². The summed E-state index contributed by atoms with van der Waals surface area (Å²) in [5.41, 5.74) is 7.97. The molecule has 0 aliphatic heterocycles. The second-order valence-electron chi connectivity index (χ2n) is 6.88. The lowest BCUT2D eigenvalue weighted by molar-refractivity contribution is 0.100. The fourth-order valence-electron chi connectivity index (χ4n) is 3.09. The van der Waals surface area contributed by atoms with Crippen LogP contribution in [-0.4, -0.2) is 34.2 Å². The molecular formula is C22H19ClN4O3S2. The molecule has 7 nitrogen and oxygen atoms in total. The van der Waals surface area contributed by atoms with Crippen molar-refractivity contribution in [1.29, 1.82) is 0 Å². The summed E-state index contributed by atoms with van der Waals surface area (Å²) in [5.74, 6) is 0.0814. The maximum Gasteiger partial charge on any atom is 0.262 e. The van der Waals surface area contributed by atoms with Crippen molar-refractivity contribution in [2.75, 3.05) is 13.7 Å². The van der Waals surface area contributed by atoms with Gasteiger partial charge < -0.3 is 10.5 Å². The van der Waals surface area contributed by atoms with Gasteiger partial charge in [0.15, 0.2) is 5.16 Å². The zero-order chi connectivity index (χ0) is 22.7. The van der Waals surface area contributed by atoms with Gasteiger partial charge in [-0.25, -0.2) is 9.97 Å². The molecule has 0 unspecified atom stereocenters. The average Bonchev–Trinajstić information content (AvgIpc) is 3.26. The number of thiazole rings is 1. The summed E-state index contributed by atoms with van der Waals surface area (Å²) in [5, 5.41) is 4.44. The van der Waals surface area contributed by atoms with Gasteiger partial charge in [-0.15, -0.1) is 11.3 Å². The number of ether oxygens (including phenoxy) is 1. The Morgan fingerprint density at radius 1 is 1.22 bits per heavy atom. The lowest BCUT2D eigenvalue weighted by Crippen LogP contribution is -2.25. The fourth-order valence-corrected chi connectivity index (χ4v) is 5.10. The summed E-state index contributed by atoms with van der Waals surface area (Å²) in [7, 11) is 1.60. The van der Waals surface area contributed by atoms with E-state index in [-0.39, 0.29) is 5.56 Å². The number of fused-ring (bicyclic) bond motifs is 1. The third kappa shape index (κ3) is 4.86. The van der Waals surface area contributed by atoms with Gasteiger partial charge in [0.1, 0.15) is 5.01 Å². The van der Waals surface area contributed by atoms with Crippen LogP contribution in [-0.2, 0) is 17.0 Å². The van der Waals surface area contributed by atoms with Crippen molar-refractivity contribution >= 4 is 51.5 Å². The van der Waals surface area contributed by atoms with Crippen LogP contribution < -0.4 is 11.3 Å². The minimum Gasteiger partial charge on any atom is -0.383 e. The molecule has 0 aliphatic carbocycles. The third-order valence-corrected chi connectivity index (χ3v) is 6.90. The van der Waals surface area contributed by atoms with E-state index in [0.29, 0.717) is 45.5 Å². The number of hydrogen-bond donors (Lipinski definition) is 1. The van der Waals surface area contributed by atoms with Crippen molar-refractivity contribution in [1.82, 2.24) is 14.5 Å². The maximum atomic E-state index is 13.0. The molecule has 4 rings (SSSR count). The maximum absolute atomic E-state index is 13.0. The molecule has 0 aliphatic rings. The molecule has 0 spiro atoms. The minimum atomic E-state index is -0.462. The SMILES string of the molecule is COCCn1c(SCc2csc(-c3ccc(C(N)=O)cc3)n2)nc2cc(Cl)ccc2c1=O. The van der Waals surface area contributed by atoms with Gasteiger partial charge in [0.2, 0.25) is 5.91 Å². The highest BCUT2D eigenvalue weighted by molar-refractivity contribution is 7.98. The summed E-state index contributed by atoms with van der Waals surface area (Å²) in [4.78, 5) is 33.6. The third-order valence-electron chi connectivity index (χ3n) is 4.72. The van der Waals surface area contributed by atoms with E-state index in [1.165, 1.54) is 23.1 Å². The summed E-state index contributed by atoms with van der Waals surface area (Å²) < 4.78 is 6.79. The number of carbonyl (C=O) groups excluding carboxylic acids is 1. The molecule has 1 amide bonds.